The van der Waals surface area contributed by atoms with E-state index >= 15 is 0 Å². The zero-order valence-corrected chi connectivity index (χ0v) is 7.99. The van der Waals surface area contributed by atoms with E-state index in [9.17, 15) is 0 Å². The molecule has 2 aromatic rings. The Balaban J connectivity index is 0.000000980. The third-order valence-corrected chi connectivity index (χ3v) is 2.10. The lowest BCUT2D eigenvalue weighted by molar-refractivity contribution is 0.791. The van der Waals surface area contributed by atoms with Gasteiger partial charge in [0.1, 0.15) is 0 Å². The lowest BCUT2D eigenvalue weighted by Crippen LogP contribution is -2.12. The number of para-hydroxylation sites is 2. The largest absolute Gasteiger partial charge is 0.412 e. The second-order valence-electron chi connectivity index (χ2n) is 2.81. The molecule has 0 aliphatic carbocycles. The van der Waals surface area contributed by atoms with Crippen molar-refractivity contribution in [2.75, 3.05) is 5.43 Å². The van der Waals surface area contributed by atoms with Gasteiger partial charge in [-0.25, -0.2) is 10.8 Å². The van der Waals surface area contributed by atoms with E-state index in [4.69, 9.17) is 5.84 Å². The zero-order valence-electron chi connectivity index (χ0n) is 7.99. The van der Waals surface area contributed by atoms with Crippen LogP contribution in [-0.2, 0) is 6.54 Å². The minimum atomic E-state index is 0. The van der Waals surface area contributed by atoms with Crippen LogP contribution in [-0.4, -0.2) is 15.0 Å². The van der Waals surface area contributed by atoms with Gasteiger partial charge in [-0.3, -0.25) is 5.43 Å². The summed E-state index contributed by atoms with van der Waals surface area (Å²) < 4.78 is 2.04. The molecule has 5 N–H and O–H groups in total. The molecule has 0 fully saturated rings. The summed E-state index contributed by atoms with van der Waals surface area (Å²) in [6.07, 6.45) is 0. The summed E-state index contributed by atoms with van der Waals surface area (Å²) in [7, 11) is 0. The van der Waals surface area contributed by atoms with Crippen molar-refractivity contribution in [1.82, 2.24) is 9.55 Å². The van der Waals surface area contributed by atoms with Crippen LogP contribution in [0.3, 0.4) is 0 Å². The molecule has 0 aliphatic heterocycles. The van der Waals surface area contributed by atoms with Crippen LogP contribution in [0.2, 0.25) is 0 Å². The lowest BCUT2D eigenvalue weighted by Gasteiger charge is -2.03. The van der Waals surface area contributed by atoms with E-state index in [0.717, 1.165) is 17.6 Å². The van der Waals surface area contributed by atoms with E-state index < -0.39 is 0 Å². The number of benzene rings is 1. The molecule has 0 spiro atoms. The van der Waals surface area contributed by atoms with Crippen LogP contribution in [0, 0.1) is 0 Å². The Morgan fingerprint density at radius 1 is 1.43 bits per heavy atom. The monoisotopic (exact) mass is 194 g/mol. The van der Waals surface area contributed by atoms with E-state index in [0.29, 0.717) is 5.95 Å². The van der Waals surface area contributed by atoms with Crippen LogP contribution in [0.15, 0.2) is 24.3 Å². The predicted octanol–water partition coefficient (Wildman–Crippen LogP) is 0.517. The van der Waals surface area contributed by atoms with Crippen LogP contribution in [0.4, 0.5) is 5.95 Å². The number of aromatic nitrogens is 2. The van der Waals surface area contributed by atoms with Gasteiger partial charge in [0, 0.05) is 6.54 Å². The molecule has 0 amide bonds. The summed E-state index contributed by atoms with van der Waals surface area (Å²) in [4.78, 5) is 4.33. The summed E-state index contributed by atoms with van der Waals surface area (Å²) in [6.45, 7) is 2.93. The summed E-state index contributed by atoms with van der Waals surface area (Å²) in [5.74, 6) is 6.07. The number of nitrogens with zero attached hydrogens (tertiary/aromatic N) is 2. The second kappa shape index (κ2) is 4.08. The third-order valence-electron chi connectivity index (χ3n) is 2.10. The van der Waals surface area contributed by atoms with Gasteiger partial charge in [-0.2, -0.15) is 0 Å². The van der Waals surface area contributed by atoms with Gasteiger partial charge in [-0.05, 0) is 19.1 Å². The first-order chi connectivity index (χ1) is 6.36. The van der Waals surface area contributed by atoms with Crippen LogP contribution in [0.5, 0.6) is 0 Å². The van der Waals surface area contributed by atoms with Gasteiger partial charge >= 0.3 is 0 Å². The minimum absolute atomic E-state index is 0. The van der Waals surface area contributed by atoms with E-state index in [1.165, 1.54) is 0 Å². The van der Waals surface area contributed by atoms with Crippen LogP contribution < -0.4 is 11.3 Å². The number of aryl methyl sites for hydroxylation is 1. The highest BCUT2D eigenvalue weighted by Gasteiger charge is 2.05. The maximum atomic E-state index is 5.36. The van der Waals surface area contributed by atoms with Crippen molar-refractivity contribution in [1.29, 1.82) is 0 Å². The minimum Gasteiger partial charge on any atom is -0.412 e. The highest BCUT2D eigenvalue weighted by molar-refractivity contribution is 5.78. The maximum Gasteiger partial charge on any atom is 0.218 e. The molecule has 2 rings (SSSR count). The van der Waals surface area contributed by atoms with Crippen molar-refractivity contribution < 1.29 is 5.48 Å². The fourth-order valence-corrected chi connectivity index (χ4v) is 1.51. The number of nitrogens with one attached hydrogen (secondary N) is 1. The number of anilines is 1. The quantitative estimate of drug-likeness (QED) is 0.539. The van der Waals surface area contributed by atoms with Gasteiger partial charge in [-0.15, -0.1) is 0 Å². The number of rotatable bonds is 2. The second-order valence-corrected chi connectivity index (χ2v) is 2.81. The topological polar surface area (TPSA) is 87.4 Å². The summed E-state index contributed by atoms with van der Waals surface area (Å²) in [6, 6.07) is 7.97. The molecule has 76 valence electrons. The van der Waals surface area contributed by atoms with Crippen LogP contribution in [0.25, 0.3) is 11.0 Å². The molecule has 5 nitrogen and oxygen atoms in total. The van der Waals surface area contributed by atoms with E-state index in [-0.39, 0.29) is 5.48 Å². The molecule has 1 aromatic heterocycles. The molecule has 0 saturated carbocycles. The Labute approximate surface area is 81.8 Å². The fraction of sp³-hybridized carbons (Fsp3) is 0.222. The number of imidazole rings is 1. The van der Waals surface area contributed by atoms with E-state index in [2.05, 4.69) is 17.3 Å². The van der Waals surface area contributed by atoms with Crippen molar-refractivity contribution in [2.45, 2.75) is 13.5 Å². The molecule has 0 aliphatic rings. The van der Waals surface area contributed by atoms with Crippen molar-refractivity contribution in [3.63, 3.8) is 0 Å². The predicted molar refractivity (Wildman–Crippen MR) is 56.8 cm³/mol. The Morgan fingerprint density at radius 3 is 2.79 bits per heavy atom. The maximum absolute atomic E-state index is 5.36. The number of hydrogen-bond donors (Lipinski definition) is 2. The van der Waals surface area contributed by atoms with Crippen LogP contribution in [0.1, 0.15) is 6.92 Å². The van der Waals surface area contributed by atoms with E-state index in [1.807, 2.05) is 28.8 Å². The van der Waals surface area contributed by atoms with Gasteiger partial charge in [-0.1, -0.05) is 12.1 Å². The molecule has 5 heteroatoms. The smallest absolute Gasteiger partial charge is 0.218 e. The van der Waals surface area contributed by atoms with Crippen molar-refractivity contribution >= 4 is 17.0 Å². The van der Waals surface area contributed by atoms with Crippen molar-refractivity contribution in [3.05, 3.63) is 24.3 Å². The number of hydrazine groups is 1. The summed E-state index contributed by atoms with van der Waals surface area (Å²) in [5.41, 5.74) is 4.67. The average molecular weight is 194 g/mol. The average Bonchev–Trinajstić information content (AvgIpc) is 2.55. The Morgan fingerprint density at radius 2 is 2.14 bits per heavy atom. The molecule has 0 unspecified atom stereocenters. The molecule has 1 aromatic carbocycles. The van der Waals surface area contributed by atoms with Gasteiger partial charge in [0.2, 0.25) is 5.95 Å². The summed E-state index contributed by atoms with van der Waals surface area (Å²) >= 11 is 0. The first kappa shape index (κ1) is 10.5. The molecule has 14 heavy (non-hydrogen) atoms. The van der Waals surface area contributed by atoms with Crippen molar-refractivity contribution in [2.24, 2.45) is 5.84 Å². The number of fused-ring (bicyclic) bond motifs is 1. The highest BCUT2D eigenvalue weighted by Crippen LogP contribution is 2.17. The normalized spacial score (nSPS) is 9.86. The Kier molecular flexibility index (Phi) is 3.06. The fourth-order valence-electron chi connectivity index (χ4n) is 1.51. The molecular formula is C9H14N4O. The number of nitrogens with two attached hydrogens (primary N) is 1. The first-order valence-electron chi connectivity index (χ1n) is 4.28. The molecule has 0 radical (unpaired) electrons. The molecule has 1 heterocycles. The third kappa shape index (κ3) is 1.43. The number of nitrogen functional groups attached to an aromatic ring is 1. The van der Waals surface area contributed by atoms with Gasteiger partial charge in [0.15, 0.2) is 0 Å². The van der Waals surface area contributed by atoms with Crippen molar-refractivity contribution in [3.8, 4) is 0 Å². The van der Waals surface area contributed by atoms with Gasteiger partial charge < -0.3 is 10.0 Å². The standard InChI is InChI=1S/C9H12N4.H2O/c1-2-13-8-6-4-3-5-7(8)11-9(13)12-10;/h3-6H,2,10H2,1H3,(H,11,12);1H2. The highest BCUT2D eigenvalue weighted by atomic mass is 16.0. The SMILES string of the molecule is CCn1c(NN)nc2ccccc21.O. The van der Waals surface area contributed by atoms with E-state index in [1.54, 1.807) is 0 Å². The lowest BCUT2D eigenvalue weighted by atomic mass is 10.3. The summed E-state index contributed by atoms with van der Waals surface area (Å²) in [5, 5.41) is 0. The molecule has 0 saturated heterocycles. The van der Waals surface area contributed by atoms with Gasteiger partial charge in [0.25, 0.3) is 0 Å². The first-order valence-corrected chi connectivity index (χ1v) is 4.28. The van der Waals surface area contributed by atoms with Gasteiger partial charge in [0.05, 0.1) is 11.0 Å². The molecule has 0 atom stereocenters. The molecule has 0 bridgehead atoms. The number of hydrogen-bond acceptors (Lipinski definition) is 3. The van der Waals surface area contributed by atoms with Crippen LogP contribution >= 0.6 is 0 Å². The molecular weight excluding hydrogens is 180 g/mol. The Hall–Kier alpha value is -1.59. The zero-order chi connectivity index (χ0) is 9.26. The Bertz CT molecular complexity index is 424.